The summed E-state index contributed by atoms with van der Waals surface area (Å²) in [6.45, 7) is 1.57. The van der Waals surface area contributed by atoms with Crippen molar-refractivity contribution < 1.29 is 14.3 Å². The third kappa shape index (κ3) is 2.18. The van der Waals surface area contributed by atoms with E-state index in [2.05, 4.69) is 0 Å². The number of benzene rings is 1. The molecule has 13 heavy (non-hydrogen) atoms. The molecule has 1 rings (SSSR count). The number of aryl methyl sites for hydroxylation is 1. The molecule has 0 aliphatic heterocycles. The SMILES string of the molecule is Cc1ccc(Cl)c(CC(=O)O)c1F. The fraction of sp³-hybridized carbons (Fsp3) is 0.222. The van der Waals surface area contributed by atoms with E-state index in [9.17, 15) is 9.18 Å². The van der Waals surface area contributed by atoms with Crippen molar-refractivity contribution >= 4 is 17.6 Å². The van der Waals surface area contributed by atoms with Crippen LogP contribution in [0.1, 0.15) is 11.1 Å². The lowest BCUT2D eigenvalue weighted by Gasteiger charge is -2.04. The minimum Gasteiger partial charge on any atom is -0.481 e. The zero-order valence-electron chi connectivity index (χ0n) is 6.97. The standard InChI is InChI=1S/C9H8ClFO2/c1-5-2-3-7(10)6(9(5)11)4-8(12)13/h2-3H,4H2,1H3,(H,12,13). The van der Waals surface area contributed by atoms with Crippen molar-refractivity contribution in [2.45, 2.75) is 13.3 Å². The molecule has 0 fully saturated rings. The summed E-state index contributed by atoms with van der Waals surface area (Å²) in [5.41, 5.74) is 0.454. The zero-order chi connectivity index (χ0) is 10.0. The van der Waals surface area contributed by atoms with Gasteiger partial charge in [0, 0.05) is 10.6 Å². The molecule has 0 atom stereocenters. The van der Waals surface area contributed by atoms with E-state index in [0.29, 0.717) is 5.56 Å². The topological polar surface area (TPSA) is 37.3 Å². The van der Waals surface area contributed by atoms with Gasteiger partial charge in [-0.15, -0.1) is 0 Å². The Labute approximate surface area is 80.0 Å². The van der Waals surface area contributed by atoms with Crippen LogP contribution in [-0.4, -0.2) is 11.1 Å². The molecule has 0 aliphatic carbocycles. The van der Waals surface area contributed by atoms with Crippen molar-refractivity contribution in [3.05, 3.63) is 34.1 Å². The highest BCUT2D eigenvalue weighted by atomic mass is 35.5. The Morgan fingerprint density at radius 1 is 1.62 bits per heavy atom. The molecule has 1 N–H and O–H groups in total. The molecular weight excluding hydrogens is 195 g/mol. The normalized spacial score (nSPS) is 10.1. The number of hydrogen-bond donors (Lipinski definition) is 1. The number of hydrogen-bond acceptors (Lipinski definition) is 1. The number of carboxylic acid groups (broad SMARTS) is 1. The molecule has 70 valence electrons. The van der Waals surface area contributed by atoms with Crippen LogP contribution in [-0.2, 0) is 11.2 Å². The monoisotopic (exact) mass is 202 g/mol. The van der Waals surface area contributed by atoms with Crippen LogP contribution in [0.15, 0.2) is 12.1 Å². The first kappa shape index (κ1) is 9.99. The predicted molar refractivity (Wildman–Crippen MR) is 47.5 cm³/mol. The number of carboxylic acids is 1. The summed E-state index contributed by atoms with van der Waals surface area (Å²) in [6, 6.07) is 3.02. The molecule has 0 aromatic heterocycles. The van der Waals surface area contributed by atoms with Crippen molar-refractivity contribution in [2.75, 3.05) is 0 Å². The molecule has 0 bridgehead atoms. The maximum Gasteiger partial charge on any atom is 0.307 e. The molecule has 0 amide bonds. The maximum absolute atomic E-state index is 13.3. The van der Waals surface area contributed by atoms with Gasteiger partial charge in [0.15, 0.2) is 0 Å². The second-order valence-corrected chi connectivity index (χ2v) is 3.13. The van der Waals surface area contributed by atoms with Crippen LogP contribution in [0, 0.1) is 12.7 Å². The largest absolute Gasteiger partial charge is 0.481 e. The highest BCUT2D eigenvalue weighted by molar-refractivity contribution is 6.31. The molecule has 0 unspecified atom stereocenters. The van der Waals surface area contributed by atoms with Crippen molar-refractivity contribution in [2.24, 2.45) is 0 Å². The Bertz CT molecular complexity index is 350. The van der Waals surface area contributed by atoms with Crippen LogP contribution in [0.2, 0.25) is 5.02 Å². The van der Waals surface area contributed by atoms with Gasteiger partial charge in [-0.3, -0.25) is 4.79 Å². The van der Waals surface area contributed by atoms with Gasteiger partial charge in [0.1, 0.15) is 5.82 Å². The minimum atomic E-state index is -1.09. The van der Waals surface area contributed by atoms with Crippen LogP contribution in [0.25, 0.3) is 0 Å². The van der Waals surface area contributed by atoms with E-state index in [1.165, 1.54) is 12.1 Å². The molecule has 1 aromatic rings. The van der Waals surface area contributed by atoms with Gasteiger partial charge >= 0.3 is 5.97 Å². The highest BCUT2D eigenvalue weighted by Gasteiger charge is 2.12. The quantitative estimate of drug-likeness (QED) is 0.800. The first-order chi connectivity index (χ1) is 6.02. The van der Waals surface area contributed by atoms with E-state index in [-0.39, 0.29) is 17.0 Å². The average molecular weight is 203 g/mol. The molecule has 0 aliphatic rings. The summed E-state index contributed by atoms with van der Waals surface area (Å²) < 4.78 is 13.3. The molecule has 0 radical (unpaired) electrons. The average Bonchev–Trinajstić information content (AvgIpc) is 2.05. The Balaban J connectivity index is 3.17. The molecule has 0 heterocycles. The summed E-state index contributed by atoms with van der Waals surface area (Å²) in [5.74, 6) is -1.62. The van der Waals surface area contributed by atoms with Gasteiger partial charge in [-0.2, -0.15) is 0 Å². The number of aliphatic carboxylic acids is 1. The van der Waals surface area contributed by atoms with Gasteiger partial charge in [-0.05, 0) is 18.6 Å². The van der Waals surface area contributed by atoms with Crippen LogP contribution >= 0.6 is 11.6 Å². The van der Waals surface area contributed by atoms with Gasteiger partial charge in [0.2, 0.25) is 0 Å². The lowest BCUT2D eigenvalue weighted by molar-refractivity contribution is -0.136. The third-order valence-electron chi connectivity index (χ3n) is 1.71. The molecular formula is C9H8ClFO2. The lowest BCUT2D eigenvalue weighted by Crippen LogP contribution is -2.04. The molecule has 4 heteroatoms. The Morgan fingerprint density at radius 2 is 2.23 bits per heavy atom. The molecule has 1 aromatic carbocycles. The van der Waals surface area contributed by atoms with E-state index in [4.69, 9.17) is 16.7 Å². The minimum absolute atomic E-state index is 0.0502. The fourth-order valence-corrected chi connectivity index (χ4v) is 1.24. The van der Waals surface area contributed by atoms with Crippen molar-refractivity contribution in [3.63, 3.8) is 0 Å². The fourth-order valence-electron chi connectivity index (χ4n) is 1.03. The number of halogens is 2. The Hall–Kier alpha value is -1.09. The van der Waals surface area contributed by atoms with E-state index in [0.717, 1.165) is 0 Å². The van der Waals surface area contributed by atoms with Crippen LogP contribution in [0.4, 0.5) is 4.39 Å². The predicted octanol–water partition coefficient (Wildman–Crippen LogP) is 2.41. The van der Waals surface area contributed by atoms with Gasteiger partial charge in [0.25, 0.3) is 0 Å². The van der Waals surface area contributed by atoms with E-state index >= 15 is 0 Å². The summed E-state index contributed by atoms with van der Waals surface area (Å²) in [5, 5.41) is 8.64. The Kier molecular flexibility index (Phi) is 2.88. The van der Waals surface area contributed by atoms with Crippen molar-refractivity contribution in [1.29, 1.82) is 0 Å². The van der Waals surface area contributed by atoms with Crippen LogP contribution < -0.4 is 0 Å². The smallest absolute Gasteiger partial charge is 0.307 e. The second-order valence-electron chi connectivity index (χ2n) is 2.73. The summed E-state index contributed by atoms with van der Waals surface area (Å²) in [6.07, 6.45) is -0.383. The summed E-state index contributed by atoms with van der Waals surface area (Å²) in [4.78, 5) is 10.4. The zero-order valence-corrected chi connectivity index (χ0v) is 7.73. The van der Waals surface area contributed by atoms with Crippen molar-refractivity contribution in [3.8, 4) is 0 Å². The second kappa shape index (κ2) is 3.75. The summed E-state index contributed by atoms with van der Waals surface area (Å²) in [7, 11) is 0. The van der Waals surface area contributed by atoms with Crippen LogP contribution in [0.3, 0.4) is 0 Å². The van der Waals surface area contributed by atoms with E-state index < -0.39 is 11.8 Å². The van der Waals surface area contributed by atoms with Crippen LogP contribution in [0.5, 0.6) is 0 Å². The first-order valence-corrected chi connectivity index (χ1v) is 4.05. The van der Waals surface area contributed by atoms with Crippen molar-refractivity contribution in [1.82, 2.24) is 0 Å². The molecule has 2 nitrogen and oxygen atoms in total. The van der Waals surface area contributed by atoms with Gasteiger partial charge < -0.3 is 5.11 Å². The van der Waals surface area contributed by atoms with E-state index in [1.54, 1.807) is 6.92 Å². The molecule has 0 saturated heterocycles. The summed E-state index contributed by atoms with van der Waals surface area (Å²) >= 11 is 5.64. The van der Waals surface area contributed by atoms with Gasteiger partial charge in [-0.25, -0.2) is 4.39 Å². The Morgan fingerprint density at radius 3 is 2.77 bits per heavy atom. The van der Waals surface area contributed by atoms with Gasteiger partial charge in [0.05, 0.1) is 6.42 Å². The highest BCUT2D eigenvalue weighted by Crippen LogP contribution is 2.22. The lowest BCUT2D eigenvalue weighted by atomic mass is 10.1. The maximum atomic E-state index is 13.3. The third-order valence-corrected chi connectivity index (χ3v) is 2.06. The van der Waals surface area contributed by atoms with E-state index in [1.807, 2.05) is 0 Å². The molecule has 0 spiro atoms. The number of rotatable bonds is 2. The van der Waals surface area contributed by atoms with Gasteiger partial charge in [-0.1, -0.05) is 17.7 Å². The number of carbonyl (C=O) groups is 1. The molecule has 0 saturated carbocycles. The first-order valence-electron chi connectivity index (χ1n) is 3.67.